The number of anilines is 4. The van der Waals surface area contributed by atoms with Gasteiger partial charge < -0.3 is 24.8 Å². The molecule has 0 unspecified atom stereocenters. The number of rotatable bonds is 10. The number of carbonyl (C=O) groups excluding carboxylic acids is 1. The number of amides is 1. The van der Waals surface area contributed by atoms with E-state index in [4.69, 9.17) is 19.4 Å². The van der Waals surface area contributed by atoms with Crippen molar-refractivity contribution >= 4 is 51.9 Å². The van der Waals surface area contributed by atoms with Gasteiger partial charge >= 0.3 is 0 Å². The van der Waals surface area contributed by atoms with Gasteiger partial charge in [-0.1, -0.05) is 48.5 Å². The molecule has 0 atom stereocenters. The highest BCUT2D eigenvalue weighted by atomic mass is 32.2. The molecule has 0 aliphatic heterocycles. The third kappa shape index (κ3) is 5.76. The smallest absolute Gasteiger partial charge is 0.235 e. The van der Waals surface area contributed by atoms with Crippen molar-refractivity contribution in [1.29, 1.82) is 0 Å². The predicted octanol–water partition coefficient (Wildman–Crippen LogP) is 7.18. The number of nitrogens with one attached hydrogen (secondary N) is 3. The van der Waals surface area contributed by atoms with Crippen LogP contribution in [0.15, 0.2) is 102 Å². The fourth-order valence-electron chi connectivity index (χ4n) is 4.70. The summed E-state index contributed by atoms with van der Waals surface area (Å²) in [4.78, 5) is 23.8. The Hall–Kier alpha value is -4.76. The van der Waals surface area contributed by atoms with E-state index in [2.05, 4.69) is 15.4 Å². The first-order valence-electron chi connectivity index (χ1n) is 13.2. The van der Waals surface area contributed by atoms with Crippen LogP contribution in [-0.4, -0.2) is 30.1 Å². The molecule has 41 heavy (non-hydrogen) atoms. The Labute approximate surface area is 242 Å². The van der Waals surface area contributed by atoms with Crippen LogP contribution in [0.3, 0.4) is 0 Å². The molecule has 206 valence electrons. The van der Waals surface area contributed by atoms with Crippen molar-refractivity contribution in [2.24, 2.45) is 0 Å². The lowest BCUT2D eigenvalue weighted by Crippen LogP contribution is -2.27. The summed E-state index contributed by atoms with van der Waals surface area (Å²) in [7, 11) is 3.22. The molecule has 0 spiro atoms. The van der Waals surface area contributed by atoms with E-state index in [9.17, 15) is 4.79 Å². The van der Waals surface area contributed by atoms with Crippen LogP contribution < -0.4 is 24.8 Å². The van der Waals surface area contributed by atoms with Gasteiger partial charge in [-0.05, 0) is 60.7 Å². The highest BCUT2D eigenvalue weighted by Crippen LogP contribution is 2.49. The van der Waals surface area contributed by atoms with Gasteiger partial charge in [-0.15, -0.1) is 0 Å². The van der Waals surface area contributed by atoms with Crippen molar-refractivity contribution in [3.63, 3.8) is 0 Å². The lowest BCUT2D eigenvalue weighted by Gasteiger charge is -2.16. The lowest BCUT2D eigenvalue weighted by atomic mass is 9.95. The standard InChI is InChI=1S/C32H29N5O3S/c1-39-24-17-23(18-25(20-24)40-2)33-29-30(36-28-14-7-6-13-27(28)35-29)37-41-26-12-8-11-22(19-26)34-31(38)32(15-16-32)21-9-4-3-5-10-21/h3-14,17-20H,15-16H2,1-2H3,(H,33,35)(H,34,38)(H,36,37). The van der Waals surface area contributed by atoms with E-state index in [1.165, 1.54) is 11.9 Å². The van der Waals surface area contributed by atoms with Gasteiger partial charge in [-0.2, -0.15) is 0 Å². The largest absolute Gasteiger partial charge is 0.497 e. The first kappa shape index (κ1) is 26.5. The monoisotopic (exact) mass is 563 g/mol. The third-order valence-corrected chi connectivity index (χ3v) is 7.84. The zero-order valence-electron chi connectivity index (χ0n) is 22.7. The molecule has 1 amide bonds. The number of hydrogen-bond donors (Lipinski definition) is 3. The first-order chi connectivity index (χ1) is 20.1. The maximum Gasteiger partial charge on any atom is 0.235 e. The number of hydrogen-bond acceptors (Lipinski definition) is 8. The number of aromatic nitrogens is 2. The van der Waals surface area contributed by atoms with Crippen LogP contribution >= 0.6 is 11.9 Å². The van der Waals surface area contributed by atoms with Gasteiger partial charge in [-0.3, -0.25) is 4.79 Å². The second-order valence-corrected chi connectivity index (χ2v) is 10.6. The van der Waals surface area contributed by atoms with Crippen LogP contribution in [0.1, 0.15) is 18.4 Å². The normalized spacial score (nSPS) is 13.3. The van der Waals surface area contributed by atoms with Crippen molar-refractivity contribution in [1.82, 2.24) is 9.97 Å². The minimum Gasteiger partial charge on any atom is -0.497 e. The van der Waals surface area contributed by atoms with Crippen LogP contribution in [0, 0.1) is 0 Å². The van der Waals surface area contributed by atoms with E-state index in [1.807, 2.05) is 97.1 Å². The molecule has 8 nitrogen and oxygen atoms in total. The van der Waals surface area contributed by atoms with Crippen LogP contribution in [-0.2, 0) is 10.2 Å². The molecule has 1 heterocycles. The van der Waals surface area contributed by atoms with E-state index in [1.54, 1.807) is 14.2 Å². The number of para-hydroxylation sites is 2. The Balaban J connectivity index is 1.22. The molecular formula is C32H29N5O3S. The summed E-state index contributed by atoms with van der Waals surface area (Å²) in [6.07, 6.45) is 1.71. The number of carbonyl (C=O) groups is 1. The molecule has 1 aromatic heterocycles. The molecule has 0 bridgehead atoms. The second-order valence-electron chi connectivity index (χ2n) is 9.77. The molecule has 6 rings (SSSR count). The quantitative estimate of drug-likeness (QED) is 0.154. The molecule has 1 aliphatic carbocycles. The van der Waals surface area contributed by atoms with E-state index in [0.29, 0.717) is 23.1 Å². The highest BCUT2D eigenvalue weighted by Gasteiger charge is 2.51. The van der Waals surface area contributed by atoms with E-state index in [-0.39, 0.29) is 5.91 Å². The number of benzene rings is 4. The third-order valence-electron chi connectivity index (χ3n) is 7.05. The Kier molecular flexibility index (Phi) is 7.35. The molecule has 9 heteroatoms. The SMILES string of the molecule is COc1cc(Nc2nc3ccccc3nc2NSc2cccc(NC(=O)C3(c4ccccc4)CC3)c2)cc(OC)c1. The number of fused-ring (bicyclic) bond motifs is 1. The molecule has 1 aliphatic rings. The van der Waals surface area contributed by atoms with Gasteiger partial charge in [0, 0.05) is 34.5 Å². The maximum atomic E-state index is 13.2. The van der Waals surface area contributed by atoms with E-state index in [0.717, 1.165) is 45.7 Å². The van der Waals surface area contributed by atoms with Crippen molar-refractivity contribution in [3.05, 3.63) is 103 Å². The summed E-state index contributed by atoms with van der Waals surface area (Å²) in [5.41, 5.74) is 3.64. The molecule has 1 saturated carbocycles. The minimum absolute atomic E-state index is 0.0272. The van der Waals surface area contributed by atoms with Crippen LogP contribution in [0.25, 0.3) is 11.0 Å². The zero-order valence-corrected chi connectivity index (χ0v) is 23.5. The first-order valence-corrected chi connectivity index (χ1v) is 14.0. The molecule has 0 radical (unpaired) electrons. The molecule has 0 saturated heterocycles. The Morgan fingerprint density at radius 1 is 0.756 bits per heavy atom. The Morgan fingerprint density at radius 3 is 2.07 bits per heavy atom. The lowest BCUT2D eigenvalue weighted by molar-refractivity contribution is -0.118. The van der Waals surface area contributed by atoms with E-state index >= 15 is 0 Å². The summed E-state index contributed by atoms with van der Waals surface area (Å²) < 4.78 is 14.2. The molecule has 3 N–H and O–H groups in total. The molecular weight excluding hydrogens is 534 g/mol. The van der Waals surface area contributed by atoms with Crippen molar-refractivity contribution in [2.75, 3.05) is 29.6 Å². The second kappa shape index (κ2) is 11.4. The van der Waals surface area contributed by atoms with Crippen LogP contribution in [0.5, 0.6) is 11.5 Å². The number of methoxy groups -OCH3 is 2. The average molecular weight is 564 g/mol. The maximum absolute atomic E-state index is 13.2. The topological polar surface area (TPSA) is 97.4 Å². The van der Waals surface area contributed by atoms with Crippen molar-refractivity contribution < 1.29 is 14.3 Å². The molecule has 1 fully saturated rings. The van der Waals surface area contributed by atoms with Crippen LogP contribution in [0.2, 0.25) is 0 Å². The zero-order chi connectivity index (χ0) is 28.2. The summed E-state index contributed by atoms with van der Waals surface area (Å²) >= 11 is 1.39. The molecule has 5 aromatic rings. The van der Waals surface area contributed by atoms with Crippen molar-refractivity contribution in [3.8, 4) is 11.5 Å². The number of nitrogens with zero attached hydrogens (tertiary/aromatic N) is 2. The number of ether oxygens (including phenoxy) is 2. The summed E-state index contributed by atoms with van der Waals surface area (Å²) in [6.45, 7) is 0. The molecule has 4 aromatic carbocycles. The Morgan fingerprint density at radius 2 is 1.41 bits per heavy atom. The van der Waals surface area contributed by atoms with Gasteiger partial charge in [0.2, 0.25) is 5.91 Å². The summed E-state index contributed by atoms with van der Waals surface area (Å²) in [6, 6.07) is 31.0. The fourth-order valence-corrected chi connectivity index (χ4v) is 5.39. The van der Waals surface area contributed by atoms with Gasteiger partial charge in [-0.25, -0.2) is 9.97 Å². The van der Waals surface area contributed by atoms with Gasteiger partial charge in [0.25, 0.3) is 0 Å². The van der Waals surface area contributed by atoms with Gasteiger partial charge in [0.1, 0.15) is 11.5 Å². The average Bonchev–Trinajstić information content (AvgIpc) is 3.83. The fraction of sp³-hybridized carbons (Fsp3) is 0.156. The van der Waals surface area contributed by atoms with Gasteiger partial charge in [0.05, 0.1) is 30.7 Å². The van der Waals surface area contributed by atoms with E-state index < -0.39 is 5.41 Å². The minimum atomic E-state index is -0.438. The van der Waals surface area contributed by atoms with Crippen LogP contribution in [0.4, 0.5) is 23.0 Å². The summed E-state index contributed by atoms with van der Waals surface area (Å²) in [5.74, 6) is 2.45. The Bertz CT molecular complexity index is 1690. The summed E-state index contributed by atoms with van der Waals surface area (Å²) in [5, 5.41) is 6.49. The van der Waals surface area contributed by atoms with Gasteiger partial charge in [0.15, 0.2) is 11.6 Å². The predicted molar refractivity (Wildman–Crippen MR) is 164 cm³/mol. The van der Waals surface area contributed by atoms with Crippen molar-refractivity contribution in [2.45, 2.75) is 23.2 Å². The highest BCUT2D eigenvalue weighted by molar-refractivity contribution is 8.00.